The van der Waals surface area contributed by atoms with E-state index in [4.69, 9.17) is 23.2 Å². The van der Waals surface area contributed by atoms with E-state index in [1.54, 1.807) is 0 Å². The second kappa shape index (κ2) is 7.01. The van der Waals surface area contributed by atoms with Gasteiger partial charge in [-0.1, -0.05) is 20.8 Å². The van der Waals surface area contributed by atoms with Gasteiger partial charge in [-0.15, -0.1) is 34.5 Å². The smallest absolute Gasteiger partial charge is 0.0295 e. The number of thiophene rings is 1. The van der Waals surface area contributed by atoms with Gasteiger partial charge in [0.2, 0.25) is 0 Å². The van der Waals surface area contributed by atoms with Crippen molar-refractivity contribution in [3.8, 4) is 0 Å². The minimum absolute atomic E-state index is 0.0626. The van der Waals surface area contributed by atoms with Crippen LogP contribution < -0.4 is 0 Å². The van der Waals surface area contributed by atoms with Crippen molar-refractivity contribution >= 4 is 34.5 Å². The molecule has 1 aromatic rings. The Kier molecular flexibility index (Phi) is 6.33. The van der Waals surface area contributed by atoms with Gasteiger partial charge in [-0.3, -0.25) is 0 Å². The van der Waals surface area contributed by atoms with E-state index in [0.29, 0.717) is 17.7 Å². The fourth-order valence-corrected chi connectivity index (χ4v) is 4.08. The van der Waals surface area contributed by atoms with E-state index in [1.165, 1.54) is 9.75 Å². The normalized spacial score (nSPS) is 12.4. The van der Waals surface area contributed by atoms with Crippen molar-refractivity contribution in [2.45, 2.75) is 40.0 Å². The van der Waals surface area contributed by atoms with Crippen LogP contribution in [0.4, 0.5) is 0 Å². The van der Waals surface area contributed by atoms with Crippen LogP contribution in [-0.2, 0) is 12.8 Å². The first kappa shape index (κ1) is 15.3. The van der Waals surface area contributed by atoms with Gasteiger partial charge in [-0.2, -0.15) is 0 Å². The maximum atomic E-state index is 6.18. The molecule has 0 saturated carbocycles. The number of aryl methyl sites for hydroxylation is 1. The van der Waals surface area contributed by atoms with Crippen molar-refractivity contribution in [2.24, 2.45) is 11.3 Å². The summed E-state index contributed by atoms with van der Waals surface area (Å²) in [6.45, 7) is 6.67. The Morgan fingerprint density at radius 3 is 2.18 bits per heavy atom. The zero-order valence-corrected chi connectivity index (χ0v) is 13.3. The second-order valence-electron chi connectivity index (χ2n) is 5.26. The maximum Gasteiger partial charge on any atom is 0.0295 e. The van der Waals surface area contributed by atoms with Gasteiger partial charge in [0.05, 0.1) is 0 Å². The first-order chi connectivity index (χ1) is 8.05. The maximum absolute atomic E-state index is 6.18. The quantitative estimate of drug-likeness (QED) is 0.593. The third kappa shape index (κ3) is 4.46. The van der Waals surface area contributed by atoms with Crippen molar-refractivity contribution in [3.63, 3.8) is 0 Å². The topological polar surface area (TPSA) is 0 Å². The Balaban J connectivity index is 2.78. The Hall–Kier alpha value is 0.280. The van der Waals surface area contributed by atoms with Gasteiger partial charge in [-0.25, -0.2) is 0 Å². The fourth-order valence-electron chi connectivity index (χ4n) is 2.25. The lowest BCUT2D eigenvalue weighted by Gasteiger charge is -2.31. The van der Waals surface area contributed by atoms with Gasteiger partial charge in [0.15, 0.2) is 0 Å². The summed E-state index contributed by atoms with van der Waals surface area (Å²) in [6, 6.07) is 4.46. The highest BCUT2D eigenvalue weighted by Gasteiger charge is 2.30. The van der Waals surface area contributed by atoms with Gasteiger partial charge in [0, 0.05) is 26.9 Å². The molecule has 1 heterocycles. The molecule has 0 unspecified atom stereocenters. The minimum Gasteiger partial charge on any atom is -0.145 e. The average Bonchev–Trinajstić information content (AvgIpc) is 2.75. The van der Waals surface area contributed by atoms with Gasteiger partial charge in [0.25, 0.3) is 0 Å². The minimum atomic E-state index is 0.0626. The predicted molar refractivity (Wildman–Crippen MR) is 80.7 cm³/mol. The van der Waals surface area contributed by atoms with Gasteiger partial charge >= 0.3 is 0 Å². The molecule has 0 N–H and O–H groups in total. The van der Waals surface area contributed by atoms with Crippen LogP contribution in [0.15, 0.2) is 12.1 Å². The highest BCUT2D eigenvalue weighted by Crippen LogP contribution is 2.35. The highest BCUT2D eigenvalue weighted by molar-refractivity contribution is 7.12. The summed E-state index contributed by atoms with van der Waals surface area (Å²) < 4.78 is 0. The van der Waals surface area contributed by atoms with Crippen molar-refractivity contribution in [2.75, 3.05) is 11.8 Å². The number of hydrogen-bond donors (Lipinski definition) is 0. The van der Waals surface area contributed by atoms with E-state index in [9.17, 15) is 0 Å². The summed E-state index contributed by atoms with van der Waals surface area (Å²) in [7, 11) is 0. The number of rotatable bonds is 7. The molecule has 0 saturated heterocycles. The van der Waals surface area contributed by atoms with Crippen molar-refractivity contribution in [1.82, 2.24) is 0 Å². The van der Waals surface area contributed by atoms with Crippen molar-refractivity contribution in [3.05, 3.63) is 21.9 Å². The number of alkyl halides is 2. The lowest BCUT2D eigenvalue weighted by molar-refractivity contribution is 0.297. The summed E-state index contributed by atoms with van der Waals surface area (Å²) >= 11 is 14.3. The van der Waals surface area contributed by atoms with Crippen LogP contribution >= 0.6 is 34.5 Å². The Labute approximate surface area is 119 Å². The molecule has 0 fully saturated rings. The molecule has 17 heavy (non-hydrogen) atoms. The third-order valence-corrected chi connectivity index (χ3v) is 5.39. The van der Waals surface area contributed by atoms with Crippen LogP contribution in [-0.4, -0.2) is 11.8 Å². The lowest BCUT2D eigenvalue weighted by Crippen LogP contribution is -2.29. The molecule has 1 aromatic heterocycles. The van der Waals surface area contributed by atoms with E-state index in [1.807, 2.05) is 11.3 Å². The standard InChI is InChI=1S/C14H22Cl2S/c1-4-12-5-6-13(17-12)8-14(9-15,10-16)7-11(2)3/h5-6,11H,4,7-10H2,1-3H3. The van der Waals surface area contributed by atoms with E-state index in [-0.39, 0.29) is 5.41 Å². The van der Waals surface area contributed by atoms with Crippen LogP contribution in [0.25, 0.3) is 0 Å². The van der Waals surface area contributed by atoms with Crippen LogP contribution in [0.3, 0.4) is 0 Å². The van der Waals surface area contributed by atoms with E-state index in [0.717, 1.165) is 19.3 Å². The largest absolute Gasteiger partial charge is 0.145 e. The summed E-state index contributed by atoms with van der Waals surface area (Å²) in [5.74, 6) is 1.93. The summed E-state index contributed by atoms with van der Waals surface area (Å²) in [5.41, 5.74) is 0.0626. The predicted octanol–water partition coefficient (Wildman–Crippen LogP) is 5.36. The van der Waals surface area contributed by atoms with E-state index in [2.05, 4.69) is 32.9 Å². The van der Waals surface area contributed by atoms with Crippen LogP contribution in [0.2, 0.25) is 0 Å². The molecular weight excluding hydrogens is 271 g/mol. The number of halogens is 2. The molecule has 0 bridgehead atoms. The first-order valence-electron chi connectivity index (χ1n) is 6.24. The zero-order chi connectivity index (χ0) is 12.9. The van der Waals surface area contributed by atoms with Crippen LogP contribution in [0, 0.1) is 11.3 Å². The SMILES string of the molecule is CCc1ccc(CC(CCl)(CCl)CC(C)C)s1. The molecule has 0 aliphatic heterocycles. The molecule has 0 atom stereocenters. The van der Waals surface area contributed by atoms with Crippen LogP contribution in [0.5, 0.6) is 0 Å². The second-order valence-corrected chi connectivity index (χ2v) is 7.05. The molecule has 98 valence electrons. The first-order valence-corrected chi connectivity index (χ1v) is 8.13. The van der Waals surface area contributed by atoms with Gasteiger partial charge in [-0.05, 0) is 37.3 Å². The lowest BCUT2D eigenvalue weighted by atomic mass is 9.80. The Bertz CT molecular complexity index is 327. The zero-order valence-electron chi connectivity index (χ0n) is 10.9. The average molecular weight is 293 g/mol. The molecule has 0 radical (unpaired) electrons. The molecule has 3 heteroatoms. The Morgan fingerprint density at radius 1 is 1.18 bits per heavy atom. The van der Waals surface area contributed by atoms with E-state index < -0.39 is 0 Å². The summed E-state index contributed by atoms with van der Waals surface area (Å²) in [6.07, 6.45) is 3.23. The highest BCUT2D eigenvalue weighted by atomic mass is 35.5. The molecule has 0 amide bonds. The van der Waals surface area contributed by atoms with Gasteiger partial charge in [0.1, 0.15) is 0 Å². The molecule has 0 spiro atoms. The monoisotopic (exact) mass is 292 g/mol. The van der Waals surface area contributed by atoms with Crippen molar-refractivity contribution in [1.29, 1.82) is 0 Å². The molecule has 0 aliphatic carbocycles. The third-order valence-electron chi connectivity index (χ3n) is 3.02. The van der Waals surface area contributed by atoms with Gasteiger partial charge < -0.3 is 0 Å². The van der Waals surface area contributed by atoms with Crippen LogP contribution in [0.1, 0.15) is 36.9 Å². The molecule has 0 aliphatic rings. The summed E-state index contributed by atoms with van der Waals surface area (Å²) in [4.78, 5) is 2.87. The fraction of sp³-hybridized carbons (Fsp3) is 0.714. The number of hydrogen-bond acceptors (Lipinski definition) is 1. The molecule has 1 rings (SSSR count). The molecule has 0 aromatic carbocycles. The van der Waals surface area contributed by atoms with E-state index >= 15 is 0 Å². The summed E-state index contributed by atoms with van der Waals surface area (Å²) in [5, 5.41) is 0. The molecule has 0 nitrogen and oxygen atoms in total. The Morgan fingerprint density at radius 2 is 1.76 bits per heavy atom. The van der Waals surface area contributed by atoms with Crippen molar-refractivity contribution < 1.29 is 0 Å². The molecular formula is C14H22Cl2S.